The Bertz CT molecular complexity index is 416. The van der Waals surface area contributed by atoms with E-state index in [1.54, 1.807) is 0 Å². The predicted molar refractivity (Wildman–Crippen MR) is 70.3 cm³/mol. The highest BCUT2D eigenvalue weighted by Gasteiger charge is 2.24. The van der Waals surface area contributed by atoms with Crippen molar-refractivity contribution < 1.29 is 24.3 Å². The summed E-state index contributed by atoms with van der Waals surface area (Å²) in [4.78, 5) is 36.7. The zero-order valence-electron chi connectivity index (χ0n) is 11.6. The zero-order valence-corrected chi connectivity index (χ0v) is 11.6. The molecule has 0 fully saturated rings. The summed E-state index contributed by atoms with van der Waals surface area (Å²) in [5.74, 6) is -2.03. The van der Waals surface area contributed by atoms with E-state index in [9.17, 15) is 14.4 Å². The molecular weight excluding hydrogens is 264 g/mol. The zero-order chi connectivity index (χ0) is 15.7. The number of carboxylic acids is 1. The lowest BCUT2D eigenvalue weighted by molar-refractivity contribution is -0.142. The first kappa shape index (κ1) is 17.9. The molecule has 0 aromatic rings. The average molecular weight is 285 g/mol. The number of hydrogen-bond acceptors (Lipinski definition) is 5. The third-order valence-corrected chi connectivity index (χ3v) is 2.56. The molecule has 1 amide bonds. The van der Waals surface area contributed by atoms with Gasteiger partial charge in [-0.25, -0.2) is 4.79 Å². The van der Waals surface area contributed by atoms with E-state index in [2.05, 4.69) is 10.1 Å². The topological polar surface area (TPSA) is 147 Å². The fraction of sp³-hybridized carbons (Fsp3) is 0.667. The minimum Gasteiger partial charge on any atom is -0.480 e. The van der Waals surface area contributed by atoms with Gasteiger partial charge in [-0.05, 0) is 18.8 Å². The van der Waals surface area contributed by atoms with Crippen molar-refractivity contribution in [2.45, 2.75) is 45.2 Å². The monoisotopic (exact) mass is 285 g/mol. The van der Waals surface area contributed by atoms with E-state index in [0.717, 1.165) is 6.21 Å². The third-order valence-electron chi connectivity index (χ3n) is 2.56. The molecule has 0 spiro atoms. The quantitative estimate of drug-likeness (QED) is 0.258. The van der Waals surface area contributed by atoms with Crippen LogP contribution in [-0.4, -0.2) is 45.9 Å². The Balaban J connectivity index is 4.47. The highest BCUT2D eigenvalue weighted by atomic mass is 16.4. The highest BCUT2D eigenvalue weighted by Crippen LogP contribution is 2.04. The molecule has 0 aliphatic rings. The fourth-order valence-corrected chi connectivity index (χ4v) is 1.57. The molecule has 0 aliphatic heterocycles. The molecule has 0 radical (unpaired) electrons. The van der Waals surface area contributed by atoms with Crippen molar-refractivity contribution in [2.24, 2.45) is 11.7 Å². The van der Waals surface area contributed by atoms with E-state index < -0.39 is 29.7 Å². The molecule has 0 heterocycles. The highest BCUT2D eigenvalue weighted by molar-refractivity contribution is 6.25. The van der Waals surface area contributed by atoms with Crippen LogP contribution < -0.4 is 11.1 Å². The van der Waals surface area contributed by atoms with E-state index >= 15 is 0 Å². The van der Waals surface area contributed by atoms with Crippen LogP contribution in [0, 0.1) is 11.4 Å². The SMILES string of the molecule is CC(C)C[C@H](N)C(=O)N[C@@H](CCC(=O)C=[N+]=N)C(=O)O. The van der Waals surface area contributed by atoms with Gasteiger partial charge in [0.2, 0.25) is 11.7 Å². The van der Waals surface area contributed by atoms with Crippen molar-refractivity contribution in [3.05, 3.63) is 0 Å². The second kappa shape index (κ2) is 8.95. The molecule has 0 aromatic heterocycles. The number of Topliss-reactive ketones (excluding diaryl/α,β-unsaturated/α-hetero) is 1. The Hall–Kier alpha value is -2.05. The lowest BCUT2D eigenvalue weighted by Crippen LogP contribution is -2.49. The molecule has 0 saturated carbocycles. The van der Waals surface area contributed by atoms with Crippen LogP contribution in [0.4, 0.5) is 0 Å². The number of amides is 1. The maximum Gasteiger partial charge on any atom is 0.372 e. The Morgan fingerprint density at radius 2 is 2.00 bits per heavy atom. The molecule has 8 nitrogen and oxygen atoms in total. The third kappa shape index (κ3) is 7.40. The number of nitrogens with two attached hydrogens (primary N) is 1. The van der Waals surface area contributed by atoms with Crippen LogP contribution >= 0.6 is 0 Å². The summed E-state index contributed by atoms with van der Waals surface area (Å²) in [6.07, 6.45) is 1.06. The van der Waals surface area contributed by atoms with Gasteiger partial charge in [-0.1, -0.05) is 13.8 Å². The van der Waals surface area contributed by atoms with Gasteiger partial charge in [0.1, 0.15) is 6.04 Å². The van der Waals surface area contributed by atoms with Crippen LogP contribution in [0.3, 0.4) is 0 Å². The van der Waals surface area contributed by atoms with Gasteiger partial charge in [-0.15, -0.1) is 0 Å². The Kier molecular flexibility index (Phi) is 8.03. The fourth-order valence-electron chi connectivity index (χ4n) is 1.57. The van der Waals surface area contributed by atoms with Gasteiger partial charge < -0.3 is 16.2 Å². The first-order valence-corrected chi connectivity index (χ1v) is 6.29. The van der Waals surface area contributed by atoms with Crippen molar-refractivity contribution in [2.75, 3.05) is 0 Å². The van der Waals surface area contributed by atoms with E-state index in [0.29, 0.717) is 6.42 Å². The van der Waals surface area contributed by atoms with Gasteiger partial charge in [0, 0.05) is 6.42 Å². The number of aliphatic carboxylic acids is 1. The van der Waals surface area contributed by atoms with Gasteiger partial charge in [-0.2, -0.15) is 0 Å². The Labute approximate surface area is 117 Å². The number of nitrogens with one attached hydrogen (secondary N) is 2. The second-order valence-corrected chi connectivity index (χ2v) is 4.90. The van der Waals surface area contributed by atoms with Crippen LogP contribution in [0.15, 0.2) is 0 Å². The van der Waals surface area contributed by atoms with Crippen LogP contribution in [0.5, 0.6) is 0 Å². The second-order valence-electron chi connectivity index (χ2n) is 4.90. The summed E-state index contributed by atoms with van der Waals surface area (Å²) in [6, 6.07) is -1.95. The molecule has 112 valence electrons. The smallest absolute Gasteiger partial charge is 0.372 e. The number of carbonyl (C=O) groups excluding carboxylic acids is 2. The van der Waals surface area contributed by atoms with Gasteiger partial charge in [0.05, 0.1) is 16.4 Å². The number of carboxylic acid groups (broad SMARTS) is 1. The van der Waals surface area contributed by atoms with Crippen molar-refractivity contribution >= 4 is 23.9 Å². The van der Waals surface area contributed by atoms with Crippen molar-refractivity contribution in [1.82, 2.24) is 5.32 Å². The minimum atomic E-state index is -1.23. The lowest BCUT2D eigenvalue weighted by atomic mass is 10.0. The maximum atomic E-state index is 11.7. The summed E-state index contributed by atoms with van der Waals surface area (Å²) in [7, 11) is 0. The van der Waals surface area contributed by atoms with Crippen LogP contribution in [0.2, 0.25) is 0 Å². The van der Waals surface area contributed by atoms with Crippen molar-refractivity contribution in [1.29, 1.82) is 5.53 Å². The van der Waals surface area contributed by atoms with E-state index in [1.165, 1.54) is 0 Å². The van der Waals surface area contributed by atoms with Crippen LogP contribution in [0.1, 0.15) is 33.1 Å². The molecule has 0 rings (SSSR count). The largest absolute Gasteiger partial charge is 0.480 e. The van der Waals surface area contributed by atoms with Gasteiger partial charge in [-0.3, -0.25) is 9.59 Å². The van der Waals surface area contributed by atoms with E-state index in [-0.39, 0.29) is 18.8 Å². The van der Waals surface area contributed by atoms with Crippen molar-refractivity contribution in [3.8, 4) is 0 Å². The molecule has 8 heteroatoms. The first-order chi connectivity index (χ1) is 9.27. The molecule has 0 aliphatic carbocycles. The Morgan fingerprint density at radius 3 is 2.45 bits per heavy atom. The number of rotatable bonds is 9. The van der Waals surface area contributed by atoms with Crippen LogP contribution in [-0.2, 0) is 14.4 Å². The van der Waals surface area contributed by atoms with Gasteiger partial charge in [0.25, 0.3) is 0 Å². The lowest BCUT2D eigenvalue weighted by Gasteiger charge is -2.18. The summed E-state index contributed by atoms with van der Waals surface area (Å²) in [6.45, 7) is 3.81. The number of ketones is 1. The summed E-state index contributed by atoms with van der Waals surface area (Å²) in [5, 5.41) is 11.3. The molecule has 0 aromatic carbocycles. The molecule has 0 unspecified atom stereocenters. The molecule has 2 atom stereocenters. The molecule has 0 bridgehead atoms. The van der Waals surface area contributed by atoms with Gasteiger partial charge in [0.15, 0.2) is 0 Å². The first-order valence-electron chi connectivity index (χ1n) is 6.29. The van der Waals surface area contributed by atoms with Gasteiger partial charge >= 0.3 is 12.2 Å². The minimum absolute atomic E-state index is 0.0691. The summed E-state index contributed by atoms with van der Waals surface area (Å²) < 4.78 is 0. The number of hydrogen-bond donors (Lipinski definition) is 4. The standard InChI is InChI=1S/C12H20N4O4/c1-7(2)5-9(13)11(18)16-10(12(19)20)4-3-8(17)6-15-14/h6-7,9-10,14H,3-5,13H2,1-2H3,(H-,16,18,19,20)/p+1/t9-,10-/m0/s1. The van der Waals surface area contributed by atoms with E-state index in [4.69, 9.17) is 16.4 Å². The summed E-state index contributed by atoms with van der Waals surface area (Å²) in [5.41, 5.74) is 12.1. The Morgan fingerprint density at radius 1 is 1.40 bits per heavy atom. The number of nitrogens with zero attached hydrogens (tertiary/aromatic N) is 1. The normalized spacial score (nSPS) is 13.2. The molecule has 0 saturated heterocycles. The van der Waals surface area contributed by atoms with Crippen LogP contribution in [0.25, 0.3) is 0 Å². The predicted octanol–water partition coefficient (Wildman–Crippen LogP) is -0.412. The molecule has 5 N–H and O–H groups in total. The maximum absolute atomic E-state index is 11.7. The molecular formula is C12H21N4O4+. The number of carbonyl (C=O) groups is 3. The summed E-state index contributed by atoms with van der Waals surface area (Å²) >= 11 is 0. The molecule has 20 heavy (non-hydrogen) atoms. The van der Waals surface area contributed by atoms with Crippen molar-refractivity contribution in [3.63, 3.8) is 0 Å². The average Bonchev–Trinajstić information content (AvgIpc) is 2.33. The van der Waals surface area contributed by atoms with E-state index in [1.807, 2.05) is 13.8 Å².